The van der Waals surface area contributed by atoms with Crippen molar-refractivity contribution in [3.05, 3.63) is 58.5 Å². The SMILES string of the molecule is C=C1C2=C(C=C3c4nc5cc6c(cc5c(CCN(C(=O)COCNC(=O)CNC(=O)CNC=O)C(C)C)c4CN13)OCO6)C(O)C(=O)OC2. The third-order valence-electron chi connectivity index (χ3n) is 8.67. The molecule has 16 nitrogen and oxygen atoms in total. The molecule has 0 bridgehead atoms. The molecule has 0 saturated heterocycles. The number of aliphatic hydroxyl groups is 1. The van der Waals surface area contributed by atoms with E-state index in [-0.39, 0.29) is 51.8 Å². The highest BCUT2D eigenvalue weighted by Gasteiger charge is 2.40. The lowest BCUT2D eigenvalue weighted by Crippen LogP contribution is -2.43. The predicted molar refractivity (Wildman–Crippen MR) is 171 cm³/mol. The molecule has 0 spiro atoms. The quantitative estimate of drug-likeness (QED) is 0.0928. The van der Waals surface area contributed by atoms with E-state index in [4.69, 9.17) is 23.9 Å². The number of hydrogen-bond donors (Lipinski definition) is 4. The van der Waals surface area contributed by atoms with Crippen LogP contribution in [0.15, 0.2) is 41.6 Å². The van der Waals surface area contributed by atoms with Crippen molar-refractivity contribution in [2.75, 3.05) is 46.4 Å². The first-order chi connectivity index (χ1) is 23.6. The fourth-order valence-corrected chi connectivity index (χ4v) is 6.20. The van der Waals surface area contributed by atoms with Gasteiger partial charge in [0.2, 0.25) is 30.9 Å². The summed E-state index contributed by atoms with van der Waals surface area (Å²) in [5.41, 5.74) is 5.62. The summed E-state index contributed by atoms with van der Waals surface area (Å²) >= 11 is 0. The smallest absolute Gasteiger partial charge is 0.340 e. The number of carbonyl (C=O) groups excluding carboxylic acids is 5. The van der Waals surface area contributed by atoms with Gasteiger partial charge in [-0.15, -0.1) is 0 Å². The van der Waals surface area contributed by atoms with Gasteiger partial charge >= 0.3 is 5.97 Å². The highest BCUT2D eigenvalue weighted by atomic mass is 16.7. The molecule has 4 amide bonds. The van der Waals surface area contributed by atoms with E-state index in [0.717, 1.165) is 16.5 Å². The van der Waals surface area contributed by atoms with E-state index >= 15 is 0 Å². The standard InChI is InChI=1S/C33H36N6O10/c1-17(2)38(30(43)13-46-15-36-29(42)10-35-28(41)9-34-14-40)5-4-19-20-7-26-27(49-16-48-26)8-24(20)37-31-22(19)11-39-18(3)23-12-47-33(45)32(44)21(23)6-25(31)39/h6-8,14,17,32,44H,3-5,9-13,15-16H2,1-2H3,(H,34,40)(H,35,41)(H,36,42). The molecule has 0 saturated carbocycles. The van der Waals surface area contributed by atoms with Gasteiger partial charge in [0.1, 0.15) is 19.9 Å². The highest BCUT2D eigenvalue weighted by molar-refractivity contribution is 5.92. The summed E-state index contributed by atoms with van der Waals surface area (Å²) in [6, 6.07) is 3.54. The van der Waals surface area contributed by atoms with Gasteiger partial charge in [0.15, 0.2) is 17.6 Å². The number of aliphatic hydroxyl groups excluding tert-OH is 1. The van der Waals surface area contributed by atoms with Crippen LogP contribution in [-0.4, -0.2) is 109 Å². The molecule has 0 aliphatic carbocycles. The molecule has 5 heterocycles. The van der Waals surface area contributed by atoms with Crippen LogP contribution >= 0.6 is 0 Å². The van der Waals surface area contributed by atoms with Gasteiger partial charge in [-0.1, -0.05) is 6.58 Å². The van der Waals surface area contributed by atoms with Crippen molar-refractivity contribution in [3.8, 4) is 11.5 Å². The fraction of sp³-hybridized carbons (Fsp3) is 0.394. The average molecular weight is 677 g/mol. The van der Waals surface area contributed by atoms with Crippen LogP contribution in [0.3, 0.4) is 0 Å². The number of amides is 4. The summed E-state index contributed by atoms with van der Waals surface area (Å²) in [6.45, 7) is 7.83. The number of esters is 1. The number of carbonyl (C=O) groups is 5. The monoisotopic (exact) mass is 676 g/mol. The number of hydrogen-bond acceptors (Lipinski definition) is 12. The van der Waals surface area contributed by atoms with Gasteiger partial charge in [-0.25, -0.2) is 9.78 Å². The molecule has 0 fully saturated rings. The van der Waals surface area contributed by atoms with E-state index < -0.39 is 23.9 Å². The summed E-state index contributed by atoms with van der Waals surface area (Å²) < 4.78 is 21.9. The van der Waals surface area contributed by atoms with Crippen LogP contribution in [0.4, 0.5) is 0 Å². The zero-order valence-corrected chi connectivity index (χ0v) is 27.0. The first-order valence-corrected chi connectivity index (χ1v) is 15.7. The van der Waals surface area contributed by atoms with Crippen molar-refractivity contribution in [1.82, 2.24) is 30.7 Å². The number of nitrogens with one attached hydrogen (secondary N) is 3. The lowest BCUT2D eigenvalue weighted by molar-refractivity contribution is -0.151. The minimum atomic E-state index is -1.42. The van der Waals surface area contributed by atoms with Crippen LogP contribution in [0.5, 0.6) is 11.5 Å². The third kappa shape index (κ3) is 6.64. The Kier molecular flexibility index (Phi) is 9.51. The van der Waals surface area contributed by atoms with Crippen molar-refractivity contribution in [2.45, 2.75) is 39.0 Å². The van der Waals surface area contributed by atoms with Crippen molar-refractivity contribution in [2.24, 2.45) is 0 Å². The molecule has 2 aromatic rings. The first-order valence-electron chi connectivity index (χ1n) is 15.7. The lowest BCUT2D eigenvalue weighted by Gasteiger charge is -2.33. The van der Waals surface area contributed by atoms with Crippen LogP contribution in [0.1, 0.15) is 30.7 Å². The van der Waals surface area contributed by atoms with Gasteiger partial charge in [-0.3, -0.25) is 19.2 Å². The molecule has 4 N–H and O–H groups in total. The summed E-state index contributed by atoms with van der Waals surface area (Å²) in [5, 5.41) is 18.5. The minimum absolute atomic E-state index is 0.0122. The maximum atomic E-state index is 13.3. The molecule has 0 radical (unpaired) electrons. The summed E-state index contributed by atoms with van der Waals surface area (Å²) in [4.78, 5) is 68.0. The van der Waals surface area contributed by atoms with E-state index in [1.807, 2.05) is 30.9 Å². The molecule has 1 aromatic carbocycles. The second-order valence-corrected chi connectivity index (χ2v) is 11.9. The van der Waals surface area contributed by atoms with Crippen molar-refractivity contribution < 1.29 is 48.0 Å². The number of pyridine rings is 1. The Morgan fingerprint density at radius 2 is 1.92 bits per heavy atom. The van der Waals surface area contributed by atoms with Crippen LogP contribution < -0.4 is 25.4 Å². The van der Waals surface area contributed by atoms with Gasteiger partial charge < -0.3 is 49.8 Å². The minimum Gasteiger partial charge on any atom is -0.459 e. The number of nitrogens with zero attached hydrogens (tertiary/aromatic N) is 3. The number of rotatable bonds is 13. The highest BCUT2D eigenvalue weighted by Crippen LogP contribution is 2.46. The maximum absolute atomic E-state index is 13.3. The van der Waals surface area contributed by atoms with E-state index in [1.165, 1.54) is 0 Å². The molecule has 6 rings (SSSR count). The molecule has 4 aliphatic heterocycles. The Morgan fingerprint density at radius 1 is 1.16 bits per heavy atom. The Labute approximate surface area is 280 Å². The van der Waals surface area contributed by atoms with Gasteiger partial charge in [-0.2, -0.15) is 0 Å². The fourth-order valence-electron chi connectivity index (χ4n) is 6.20. The second-order valence-electron chi connectivity index (χ2n) is 11.9. The lowest BCUT2D eigenvalue weighted by atomic mass is 9.93. The number of aromatic nitrogens is 1. The largest absolute Gasteiger partial charge is 0.459 e. The summed E-state index contributed by atoms with van der Waals surface area (Å²) in [5.74, 6) is -0.885. The zero-order chi connectivity index (χ0) is 34.8. The Hall–Kier alpha value is -5.48. The van der Waals surface area contributed by atoms with E-state index in [9.17, 15) is 29.1 Å². The predicted octanol–water partition coefficient (Wildman–Crippen LogP) is -0.406. The van der Waals surface area contributed by atoms with Gasteiger partial charge in [-0.05, 0) is 38.0 Å². The zero-order valence-electron chi connectivity index (χ0n) is 27.0. The van der Waals surface area contributed by atoms with E-state index in [0.29, 0.717) is 71.2 Å². The second kappa shape index (κ2) is 13.9. The van der Waals surface area contributed by atoms with Gasteiger partial charge in [0, 0.05) is 46.4 Å². The molecule has 1 atom stereocenters. The molecule has 4 aliphatic rings. The number of cyclic esters (lactones) is 1. The molecule has 49 heavy (non-hydrogen) atoms. The van der Waals surface area contributed by atoms with Crippen molar-refractivity contribution >= 4 is 46.7 Å². The topological polar surface area (TPSA) is 198 Å². The van der Waals surface area contributed by atoms with Gasteiger partial charge in [0.25, 0.3) is 0 Å². The summed E-state index contributed by atoms with van der Waals surface area (Å²) in [7, 11) is 0. The Balaban J connectivity index is 1.19. The molecule has 258 valence electrons. The molecular formula is C33H36N6O10. The summed E-state index contributed by atoms with van der Waals surface area (Å²) in [6.07, 6.45) is 1.18. The van der Waals surface area contributed by atoms with Crippen LogP contribution in [-0.2, 0) is 46.4 Å². The maximum Gasteiger partial charge on any atom is 0.340 e. The number of benzene rings is 1. The number of ether oxygens (including phenoxy) is 4. The van der Waals surface area contributed by atoms with Gasteiger partial charge in [0.05, 0.1) is 36.5 Å². The van der Waals surface area contributed by atoms with Crippen LogP contribution in [0, 0.1) is 0 Å². The van der Waals surface area contributed by atoms with E-state index in [2.05, 4.69) is 22.5 Å². The van der Waals surface area contributed by atoms with E-state index in [1.54, 1.807) is 11.0 Å². The number of fused-ring (bicyclic) bond motifs is 5. The first kappa shape index (κ1) is 33.4. The molecule has 16 heteroatoms. The molecular weight excluding hydrogens is 640 g/mol. The van der Waals surface area contributed by atoms with Crippen molar-refractivity contribution in [1.29, 1.82) is 0 Å². The third-order valence-corrected chi connectivity index (χ3v) is 8.67. The average Bonchev–Trinajstić information content (AvgIpc) is 3.69. The molecule has 1 aromatic heterocycles. The van der Waals surface area contributed by atoms with Crippen molar-refractivity contribution in [3.63, 3.8) is 0 Å². The normalized spacial score (nSPS) is 17.3. The molecule has 1 unspecified atom stereocenters. The van der Waals surface area contributed by atoms with Crippen LogP contribution in [0.25, 0.3) is 16.6 Å². The Bertz CT molecular complexity index is 1820. The Morgan fingerprint density at radius 3 is 2.67 bits per heavy atom. The van der Waals surface area contributed by atoms with Crippen LogP contribution in [0.2, 0.25) is 0 Å².